The fourth-order valence-corrected chi connectivity index (χ4v) is 2.66. The van der Waals surface area contributed by atoms with Gasteiger partial charge in [-0.3, -0.25) is 4.79 Å². The SMILES string of the molecule is Cc1ccc(S)cc1C(=O)N1CCCCCCC1. The standard InChI is InChI=1S/C15H21NOS/c1-12-7-8-13(18)11-14(12)15(17)16-9-5-3-2-4-6-10-16/h7-8,11,18H,2-6,9-10H2,1H3. The number of rotatable bonds is 1. The Morgan fingerprint density at radius 3 is 2.39 bits per heavy atom. The number of carbonyl (C=O) groups excluding carboxylic acids is 1. The summed E-state index contributed by atoms with van der Waals surface area (Å²) in [5.41, 5.74) is 1.85. The van der Waals surface area contributed by atoms with Crippen molar-refractivity contribution < 1.29 is 4.79 Å². The van der Waals surface area contributed by atoms with Crippen molar-refractivity contribution in [3.8, 4) is 0 Å². The molecule has 0 atom stereocenters. The molecule has 0 bridgehead atoms. The summed E-state index contributed by atoms with van der Waals surface area (Å²) in [5.74, 6) is 0.172. The van der Waals surface area contributed by atoms with Gasteiger partial charge < -0.3 is 4.90 Å². The predicted octanol–water partition coefficient (Wildman–Crippen LogP) is 3.69. The summed E-state index contributed by atoms with van der Waals surface area (Å²) < 4.78 is 0. The van der Waals surface area contributed by atoms with Crippen molar-refractivity contribution in [2.75, 3.05) is 13.1 Å². The maximum absolute atomic E-state index is 12.5. The van der Waals surface area contributed by atoms with E-state index in [1.165, 1.54) is 19.3 Å². The quantitative estimate of drug-likeness (QED) is 0.766. The first-order valence-electron chi connectivity index (χ1n) is 6.77. The van der Waals surface area contributed by atoms with Crippen molar-refractivity contribution in [1.82, 2.24) is 4.90 Å². The molecule has 0 N–H and O–H groups in total. The number of thiol groups is 1. The van der Waals surface area contributed by atoms with E-state index in [2.05, 4.69) is 12.6 Å². The summed E-state index contributed by atoms with van der Waals surface area (Å²) in [6.45, 7) is 3.79. The van der Waals surface area contributed by atoms with Crippen molar-refractivity contribution in [2.24, 2.45) is 0 Å². The Labute approximate surface area is 115 Å². The molecule has 1 aliphatic rings. The molecule has 2 rings (SSSR count). The molecule has 2 nitrogen and oxygen atoms in total. The molecule has 0 spiro atoms. The summed E-state index contributed by atoms with van der Waals surface area (Å²) in [6, 6.07) is 5.79. The molecule has 1 heterocycles. The monoisotopic (exact) mass is 263 g/mol. The van der Waals surface area contributed by atoms with Crippen molar-refractivity contribution in [3.63, 3.8) is 0 Å². The summed E-state index contributed by atoms with van der Waals surface area (Å²) in [6.07, 6.45) is 6.06. The van der Waals surface area contributed by atoms with Crippen LogP contribution in [-0.2, 0) is 0 Å². The number of hydrogen-bond acceptors (Lipinski definition) is 2. The maximum Gasteiger partial charge on any atom is 0.254 e. The Balaban J connectivity index is 2.15. The molecule has 0 radical (unpaired) electrons. The average molecular weight is 263 g/mol. The second-order valence-electron chi connectivity index (χ2n) is 5.06. The van der Waals surface area contributed by atoms with Gasteiger partial charge in [-0.05, 0) is 37.5 Å². The van der Waals surface area contributed by atoms with E-state index < -0.39 is 0 Å². The van der Waals surface area contributed by atoms with Gasteiger partial charge in [0.2, 0.25) is 0 Å². The lowest BCUT2D eigenvalue weighted by Crippen LogP contribution is -2.34. The van der Waals surface area contributed by atoms with Crippen LogP contribution >= 0.6 is 12.6 Å². The van der Waals surface area contributed by atoms with Gasteiger partial charge >= 0.3 is 0 Å². The molecule has 3 heteroatoms. The molecule has 1 fully saturated rings. The minimum Gasteiger partial charge on any atom is -0.339 e. The summed E-state index contributed by atoms with van der Waals surface area (Å²) in [5, 5.41) is 0. The number of aryl methyl sites for hydroxylation is 1. The molecular weight excluding hydrogens is 242 g/mol. The Hall–Kier alpha value is -0.960. The van der Waals surface area contributed by atoms with E-state index in [1.807, 2.05) is 30.0 Å². The molecule has 1 aliphatic heterocycles. The zero-order chi connectivity index (χ0) is 13.0. The smallest absolute Gasteiger partial charge is 0.254 e. The van der Waals surface area contributed by atoms with Gasteiger partial charge in [0.25, 0.3) is 5.91 Å². The van der Waals surface area contributed by atoms with Crippen LogP contribution in [0.15, 0.2) is 23.1 Å². The van der Waals surface area contributed by atoms with Crippen LogP contribution in [-0.4, -0.2) is 23.9 Å². The summed E-state index contributed by atoms with van der Waals surface area (Å²) in [4.78, 5) is 15.4. The van der Waals surface area contributed by atoms with E-state index in [1.54, 1.807) is 0 Å². The Morgan fingerprint density at radius 2 is 1.72 bits per heavy atom. The average Bonchev–Trinajstić information content (AvgIpc) is 2.31. The van der Waals surface area contributed by atoms with E-state index in [-0.39, 0.29) is 5.91 Å². The number of amides is 1. The molecule has 0 saturated carbocycles. The van der Waals surface area contributed by atoms with E-state index in [0.29, 0.717) is 0 Å². The van der Waals surface area contributed by atoms with E-state index in [4.69, 9.17) is 0 Å². The molecule has 0 unspecified atom stereocenters. The molecule has 1 aromatic carbocycles. The largest absolute Gasteiger partial charge is 0.339 e. The minimum atomic E-state index is 0.172. The lowest BCUT2D eigenvalue weighted by molar-refractivity contribution is 0.0741. The molecule has 18 heavy (non-hydrogen) atoms. The van der Waals surface area contributed by atoms with E-state index >= 15 is 0 Å². The van der Waals surface area contributed by atoms with Crippen LogP contribution in [0.5, 0.6) is 0 Å². The number of benzene rings is 1. The lowest BCUT2D eigenvalue weighted by atomic mass is 10.0. The number of nitrogens with zero attached hydrogens (tertiary/aromatic N) is 1. The van der Waals surface area contributed by atoms with E-state index in [9.17, 15) is 4.79 Å². The fraction of sp³-hybridized carbons (Fsp3) is 0.533. The highest BCUT2D eigenvalue weighted by Gasteiger charge is 2.18. The molecule has 98 valence electrons. The minimum absolute atomic E-state index is 0.172. The third-order valence-electron chi connectivity index (χ3n) is 3.59. The highest BCUT2D eigenvalue weighted by atomic mass is 32.1. The van der Waals surface area contributed by atoms with Crippen LogP contribution in [0.25, 0.3) is 0 Å². The van der Waals surface area contributed by atoms with Crippen molar-refractivity contribution >= 4 is 18.5 Å². The molecule has 1 amide bonds. The van der Waals surface area contributed by atoms with Gasteiger partial charge in [0, 0.05) is 23.5 Å². The van der Waals surface area contributed by atoms with Gasteiger partial charge in [-0.1, -0.05) is 25.3 Å². The van der Waals surface area contributed by atoms with Crippen molar-refractivity contribution in [2.45, 2.75) is 43.9 Å². The van der Waals surface area contributed by atoms with Crippen LogP contribution < -0.4 is 0 Å². The topological polar surface area (TPSA) is 20.3 Å². The van der Waals surface area contributed by atoms with Gasteiger partial charge in [0.05, 0.1) is 0 Å². The predicted molar refractivity (Wildman–Crippen MR) is 77.4 cm³/mol. The second kappa shape index (κ2) is 6.28. The molecule has 1 saturated heterocycles. The van der Waals surface area contributed by atoms with Crippen LogP contribution in [0.2, 0.25) is 0 Å². The number of hydrogen-bond donors (Lipinski definition) is 1. The second-order valence-corrected chi connectivity index (χ2v) is 5.58. The number of likely N-dealkylation sites (tertiary alicyclic amines) is 1. The van der Waals surface area contributed by atoms with Gasteiger partial charge in [-0.2, -0.15) is 0 Å². The zero-order valence-electron chi connectivity index (χ0n) is 11.0. The van der Waals surface area contributed by atoms with Crippen molar-refractivity contribution in [3.05, 3.63) is 29.3 Å². The van der Waals surface area contributed by atoms with Gasteiger partial charge in [0.1, 0.15) is 0 Å². The normalized spacial score (nSPS) is 17.1. The van der Waals surface area contributed by atoms with Gasteiger partial charge in [-0.15, -0.1) is 12.6 Å². The fourth-order valence-electron chi connectivity index (χ4n) is 2.46. The van der Waals surface area contributed by atoms with Crippen LogP contribution in [0.3, 0.4) is 0 Å². The van der Waals surface area contributed by atoms with Gasteiger partial charge in [-0.25, -0.2) is 0 Å². The Bertz CT molecular complexity index is 423. The molecule has 0 aromatic heterocycles. The highest BCUT2D eigenvalue weighted by molar-refractivity contribution is 7.80. The van der Waals surface area contributed by atoms with Crippen molar-refractivity contribution in [1.29, 1.82) is 0 Å². The van der Waals surface area contributed by atoms with Crippen LogP contribution in [0.4, 0.5) is 0 Å². The Kier molecular flexibility index (Phi) is 4.70. The lowest BCUT2D eigenvalue weighted by Gasteiger charge is -2.25. The van der Waals surface area contributed by atoms with Crippen LogP contribution in [0, 0.1) is 6.92 Å². The third kappa shape index (κ3) is 3.29. The molecular formula is C15H21NOS. The third-order valence-corrected chi connectivity index (χ3v) is 3.87. The van der Waals surface area contributed by atoms with E-state index in [0.717, 1.165) is 42.0 Å². The zero-order valence-corrected chi connectivity index (χ0v) is 11.9. The summed E-state index contributed by atoms with van der Waals surface area (Å²) >= 11 is 4.33. The first-order valence-corrected chi connectivity index (χ1v) is 7.22. The van der Waals surface area contributed by atoms with Crippen LogP contribution in [0.1, 0.15) is 48.0 Å². The molecule has 1 aromatic rings. The highest BCUT2D eigenvalue weighted by Crippen LogP contribution is 2.18. The summed E-state index contributed by atoms with van der Waals surface area (Å²) in [7, 11) is 0. The maximum atomic E-state index is 12.5. The first-order chi connectivity index (χ1) is 8.68. The Morgan fingerprint density at radius 1 is 1.11 bits per heavy atom. The first kappa shape index (κ1) is 13.5. The van der Waals surface area contributed by atoms with Gasteiger partial charge in [0.15, 0.2) is 0 Å². The molecule has 0 aliphatic carbocycles. The number of carbonyl (C=O) groups is 1.